The van der Waals surface area contributed by atoms with Crippen LogP contribution < -0.4 is 4.68 Å². The third kappa shape index (κ3) is 2.52. The number of carbonyl (C=O) groups excluding carboxylic acids is 1. The first kappa shape index (κ1) is 14.4. The van der Waals surface area contributed by atoms with Crippen molar-refractivity contribution >= 4 is 16.7 Å². The van der Waals surface area contributed by atoms with Crippen LogP contribution in [0.2, 0.25) is 0 Å². The van der Waals surface area contributed by atoms with Gasteiger partial charge in [0, 0.05) is 19.2 Å². The van der Waals surface area contributed by atoms with Gasteiger partial charge in [-0.15, -0.1) is 0 Å². The zero-order valence-corrected chi connectivity index (χ0v) is 13.1. The van der Waals surface area contributed by atoms with Crippen molar-refractivity contribution in [3.05, 3.63) is 54.0 Å². The van der Waals surface area contributed by atoms with Crippen LogP contribution in [-0.4, -0.2) is 15.9 Å². The van der Waals surface area contributed by atoms with Gasteiger partial charge in [0.25, 0.3) is 11.4 Å². The Hall–Kier alpha value is -2.49. The van der Waals surface area contributed by atoms with Crippen LogP contribution in [0.15, 0.2) is 42.6 Å². The summed E-state index contributed by atoms with van der Waals surface area (Å²) in [7, 11) is 0. The maximum absolute atomic E-state index is 12.2. The number of nitrogens with zero attached hydrogens (tertiary/aromatic N) is 2. The maximum Gasteiger partial charge on any atom is 0.288 e. The number of fused-ring (bicyclic) bond motifs is 1. The van der Waals surface area contributed by atoms with Crippen LogP contribution >= 0.6 is 0 Å². The zero-order valence-electron chi connectivity index (χ0n) is 13.1. The van der Waals surface area contributed by atoms with E-state index in [1.54, 1.807) is 13.1 Å². The average molecular weight is 294 g/mol. The zero-order chi connectivity index (χ0) is 15.7. The van der Waals surface area contributed by atoms with Gasteiger partial charge in [-0.25, -0.2) is 0 Å². The van der Waals surface area contributed by atoms with Crippen molar-refractivity contribution in [1.29, 1.82) is 0 Å². The number of nitrogens with one attached hydrogen (secondary N) is 1. The largest absolute Gasteiger partial charge is 0.288 e. The van der Waals surface area contributed by atoms with Gasteiger partial charge in [0.2, 0.25) is 5.78 Å². The summed E-state index contributed by atoms with van der Waals surface area (Å²) in [6.45, 7) is 5.94. The van der Waals surface area contributed by atoms with Crippen LogP contribution in [-0.2, 0) is 6.42 Å². The molecule has 0 fully saturated rings. The summed E-state index contributed by atoms with van der Waals surface area (Å²) in [6.07, 6.45) is 2.67. The van der Waals surface area contributed by atoms with Gasteiger partial charge in [0.1, 0.15) is 11.2 Å². The topological polar surface area (TPSA) is 49.6 Å². The molecule has 0 unspecified atom stereocenters. The number of carbonyl (C=O) groups is 1. The second kappa shape index (κ2) is 5.72. The first-order valence-electron chi connectivity index (χ1n) is 7.56. The first-order chi connectivity index (χ1) is 10.6. The fraction of sp³-hybridized carbons (Fsp3) is 0.278. The normalized spacial score (nSPS) is 11.3. The minimum atomic E-state index is 0.0387. The number of hydrogen-bond acceptors (Lipinski definition) is 2. The Labute approximate surface area is 129 Å². The fourth-order valence-corrected chi connectivity index (χ4v) is 2.79. The van der Waals surface area contributed by atoms with E-state index in [-0.39, 0.29) is 5.78 Å². The van der Waals surface area contributed by atoms with Crippen molar-refractivity contribution in [1.82, 2.24) is 10.1 Å². The molecule has 0 aliphatic carbocycles. The van der Waals surface area contributed by atoms with Crippen LogP contribution in [0.25, 0.3) is 16.6 Å². The van der Waals surface area contributed by atoms with Crippen molar-refractivity contribution < 1.29 is 9.48 Å². The molecule has 4 heteroatoms. The van der Waals surface area contributed by atoms with Crippen molar-refractivity contribution in [2.24, 2.45) is 5.92 Å². The molecule has 22 heavy (non-hydrogen) atoms. The number of aromatic amines is 1. The summed E-state index contributed by atoms with van der Waals surface area (Å²) in [5.41, 5.74) is 3.56. The Morgan fingerprint density at radius 2 is 2.00 bits per heavy atom. The van der Waals surface area contributed by atoms with E-state index >= 15 is 0 Å². The van der Waals surface area contributed by atoms with Gasteiger partial charge in [-0.3, -0.25) is 9.78 Å². The minimum absolute atomic E-state index is 0.0387. The number of Topliss-reactive ketones (excluding diaryl/α,β-unsaturated/α-hetero) is 1. The van der Waals surface area contributed by atoms with Crippen LogP contribution in [0.3, 0.4) is 0 Å². The monoisotopic (exact) mass is 294 g/mol. The lowest BCUT2D eigenvalue weighted by Crippen LogP contribution is -2.39. The predicted molar refractivity (Wildman–Crippen MR) is 86.2 cm³/mol. The molecule has 2 aromatic heterocycles. The van der Waals surface area contributed by atoms with E-state index < -0.39 is 0 Å². The molecule has 0 amide bonds. The first-order valence-corrected chi connectivity index (χ1v) is 7.56. The second-order valence-corrected chi connectivity index (χ2v) is 5.96. The third-order valence-corrected chi connectivity index (χ3v) is 3.68. The van der Waals surface area contributed by atoms with E-state index in [9.17, 15) is 4.79 Å². The van der Waals surface area contributed by atoms with Crippen molar-refractivity contribution in [3.8, 4) is 5.69 Å². The molecule has 0 spiro atoms. The molecule has 1 N–H and O–H groups in total. The Bertz CT molecular complexity index is 833. The van der Waals surface area contributed by atoms with Gasteiger partial charge in [0.15, 0.2) is 0 Å². The van der Waals surface area contributed by atoms with Gasteiger partial charge < -0.3 is 0 Å². The molecular weight excluding hydrogens is 274 g/mol. The van der Waals surface area contributed by atoms with Crippen LogP contribution in [0.4, 0.5) is 0 Å². The van der Waals surface area contributed by atoms with E-state index in [0.29, 0.717) is 11.6 Å². The highest BCUT2D eigenvalue weighted by molar-refractivity contribution is 6.03. The molecule has 0 saturated heterocycles. The number of hydrogen-bond donors (Lipinski definition) is 1. The molecule has 3 aromatic rings. The summed E-state index contributed by atoms with van der Waals surface area (Å²) in [6, 6.07) is 11.8. The molecule has 0 radical (unpaired) electrons. The summed E-state index contributed by atoms with van der Waals surface area (Å²) in [4.78, 5) is 16.7. The quantitative estimate of drug-likeness (QED) is 0.593. The molecule has 4 nitrogen and oxygen atoms in total. The number of para-hydroxylation sites is 1. The number of H-pyrrole nitrogens is 1. The maximum atomic E-state index is 12.2. The highest BCUT2D eigenvalue weighted by atomic mass is 16.1. The van der Waals surface area contributed by atoms with E-state index in [1.165, 1.54) is 0 Å². The van der Waals surface area contributed by atoms with Gasteiger partial charge >= 0.3 is 0 Å². The number of pyridine rings is 1. The summed E-state index contributed by atoms with van der Waals surface area (Å²) in [5.74, 6) is 0.538. The Balaban J connectivity index is 2.27. The molecule has 0 aliphatic heterocycles. The molecule has 2 heterocycles. The summed E-state index contributed by atoms with van der Waals surface area (Å²) >= 11 is 0. The van der Waals surface area contributed by atoms with Crippen LogP contribution in [0.5, 0.6) is 0 Å². The molecule has 0 saturated carbocycles. The second-order valence-electron chi connectivity index (χ2n) is 5.96. The van der Waals surface area contributed by atoms with E-state index in [1.807, 2.05) is 41.1 Å². The highest BCUT2D eigenvalue weighted by Gasteiger charge is 2.27. The molecular formula is C18H20N3O+. The third-order valence-electron chi connectivity index (χ3n) is 3.68. The van der Waals surface area contributed by atoms with E-state index in [4.69, 9.17) is 0 Å². The van der Waals surface area contributed by atoms with Crippen LogP contribution in [0.1, 0.15) is 37.0 Å². The van der Waals surface area contributed by atoms with Gasteiger partial charge in [-0.1, -0.05) is 30.7 Å². The minimum Gasteiger partial charge on any atom is -0.288 e. The van der Waals surface area contributed by atoms with Crippen LogP contribution in [0, 0.1) is 5.92 Å². The standard InChI is InChI=1S/C18H19N3O/c1-12(2)11-16-17(9-6-10-19-16)21-18(13(3)22)14-7-4-5-8-15(14)20-21/h4-10,12H,11H2,1-3H3/p+1. The van der Waals surface area contributed by atoms with Gasteiger partial charge in [-0.2, -0.15) is 5.10 Å². The molecule has 112 valence electrons. The smallest absolute Gasteiger partial charge is 0.288 e. The Morgan fingerprint density at radius 3 is 2.73 bits per heavy atom. The number of ketones is 1. The Kier molecular flexibility index (Phi) is 3.75. The fourth-order valence-electron chi connectivity index (χ4n) is 2.79. The molecule has 3 rings (SSSR count). The molecule has 0 atom stereocenters. The SMILES string of the molecule is CC(=O)c1c2ccccc2[nH][n+]1-c1cccnc1CC(C)C. The summed E-state index contributed by atoms with van der Waals surface area (Å²) < 4.78 is 1.87. The van der Waals surface area contributed by atoms with Gasteiger partial charge in [-0.05, 0) is 30.5 Å². The van der Waals surface area contributed by atoms with E-state index in [0.717, 1.165) is 28.7 Å². The van der Waals surface area contributed by atoms with Gasteiger partial charge in [0.05, 0.1) is 5.39 Å². The van der Waals surface area contributed by atoms with Crippen molar-refractivity contribution in [3.63, 3.8) is 0 Å². The number of rotatable bonds is 4. The lowest BCUT2D eigenvalue weighted by molar-refractivity contribution is -0.655. The summed E-state index contributed by atoms with van der Waals surface area (Å²) in [5, 5.41) is 4.27. The van der Waals surface area contributed by atoms with E-state index in [2.05, 4.69) is 23.9 Å². The molecule has 0 aliphatic rings. The molecule has 0 bridgehead atoms. The van der Waals surface area contributed by atoms with Crippen molar-refractivity contribution in [2.75, 3.05) is 0 Å². The lowest BCUT2D eigenvalue weighted by atomic mass is 10.1. The lowest BCUT2D eigenvalue weighted by Gasteiger charge is -2.05. The number of benzene rings is 1. The highest BCUT2D eigenvalue weighted by Crippen LogP contribution is 2.18. The van der Waals surface area contributed by atoms with Crippen molar-refractivity contribution in [2.45, 2.75) is 27.2 Å². The molecule has 1 aromatic carbocycles. The predicted octanol–water partition coefficient (Wildman–Crippen LogP) is 3.24. The number of aromatic nitrogens is 3. The Morgan fingerprint density at radius 1 is 1.23 bits per heavy atom. The average Bonchev–Trinajstić information content (AvgIpc) is 2.86.